The van der Waals surface area contributed by atoms with Crippen molar-refractivity contribution in [2.75, 3.05) is 0 Å². The van der Waals surface area contributed by atoms with Crippen molar-refractivity contribution in [2.24, 2.45) is 5.73 Å². The van der Waals surface area contributed by atoms with E-state index in [2.05, 4.69) is 6.07 Å². The molecule has 0 unspecified atom stereocenters. The second-order valence-corrected chi connectivity index (χ2v) is 4.46. The van der Waals surface area contributed by atoms with Crippen LogP contribution < -0.4 is 10.5 Å². The van der Waals surface area contributed by atoms with E-state index in [1.165, 1.54) is 0 Å². The van der Waals surface area contributed by atoms with Gasteiger partial charge in [-0.05, 0) is 42.3 Å². The fourth-order valence-corrected chi connectivity index (χ4v) is 1.73. The molecule has 3 heteroatoms. The van der Waals surface area contributed by atoms with E-state index in [-0.39, 0.29) is 6.04 Å². The van der Waals surface area contributed by atoms with Gasteiger partial charge in [-0.3, -0.25) is 0 Å². The zero-order valence-electron chi connectivity index (χ0n) is 10.8. The molecule has 1 atom stereocenters. The van der Waals surface area contributed by atoms with Gasteiger partial charge in [0.1, 0.15) is 12.4 Å². The van der Waals surface area contributed by atoms with Gasteiger partial charge in [-0.1, -0.05) is 24.3 Å². The van der Waals surface area contributed by atoms with Crippen LogP contribution in [0.15, 0.2) is 48.5 Å². The molecule has 19 heavy (non-hydrogen) atoms. The molecule has 0 aliphatic carbocycles. The fourth-order valence-electron chi connectivity index (χ4n) is 1.73. The monoisotopic (exact) mass is 252 g/mol. The molecule has 2 aromatic carbocycles. The van der Waals surface area contributed by atoms with Crippen molar-refractivity contribution >= 4 is 0 Å². The molecule has 0 radical (unpaired) electrons. The zero-order chi connectivity index (χ0) is 13.7. The van der Waals surface area contributed by atoms with Crippen LogP contribution in [0.25, 0.3) is 0 Å². The summed E-state index contributed by atoms with van der Waals surface area (Å²) in [4.78, 5) is 0. The van der Waals surface area contributed by atoms with Gasteiger partial charge < -0.3 is 10.5 Å². The average Bonchev–Trinajstić information content (AvgIpc) is 2.46. The Bertz CT molecular complexity index is 582. The number of nitriles is 1. The highest BCUT2D eigenvalue weighted by Gasteiger charge is 2.01. The maximum Gasteiger partial charge on any atom is 0.120 e. The van der Waals surface area contributed by atoms with E-state index < -0.39 is 0 Å². The molecule has 0 amide bonds. The summed E-state index contributed by atoms with van der Waals surface area (Å²) < 4.78 is 5.72. The van der Waals surface area contributed by atoms with Gasteiger partial charge in [0.25, 0.3) is 0 Å². The molecule has 0 bridgehead atoms. The van der Waals surface area contributed by atoms with Crippen LogP contribution in [0.3, 0.4) is 0 Å². The number of benzene rings is 2. The molecule has 0 saturated carbocycles. The van der Waals surface area contributed by atoms with Gasteiger partial charge in [-0.2, -0.15) is 5.26 Å². The predicted octanol–water partition coefficient (Wildman–Crippen LogP) is 3.16. The van der Waals surface area contributed by atoms with E-state index in [0.29, 0.717) is 12.2 Å². The molecule has 96 valence electrons. The fraction of sp³-hybridized carbons (Fsp3) is 0.188. The third-order valence-electron chi connectivity index (χ3n) is 2.87. The Kier molecular flexibility index (Phi) is 4.17. The Morgan fingerprint density at radius 1 is 1.21 bits per heavy atom. The lowest BCUT2D eigenvalue weighted by Crippen LogP contribution is -2.05. The van der Waals surface area contributed by atoms with Crippen LogP contribution in [0, 0.1) is 11.3 Å². The summed E-state index contributed by atoms with van der Waals surface area (Å²) >= 11 is 0. The first-order valence-corrected chi connectivity index (χ1v) is 6.16. The highest BCUT2D eigenvalue weighted by Crippen LogP contribution is 2.18. The molecule has 0 heterocycles. The normalized spacial score (nSPS) is 11.6. The van der Waals surface area contributed by atoms with Crippen LogP contribution in [0.1, 0.15) is 29.7 Å². The van der Waals surface area contributed by atoms with Crippen molar-refractivity contribution in [3.63, 3.8) is 0 Å². The Labute approximate surface area is 113 Å². The Hall–Kier alpha value is -2.31. The number of rotatable bonds is 4. The smallest absolute Gasteiger partial charge is 0.120 e. The van der Waals surface area contributed by atoms with E-state index in [1.54, 1.807) is 12.1 Å². The van der Waals surface area contributed by atoms with Crippen LogP contribution in [-0.2, 0) is 6.61 Å². The number of nitrogens with two attached hydrogens (primary N) is 1. The largest absolute Gasteiger partial charge is 0.489 e. The number of hydrogen-bond acceptors (Lipinski definition) is 3. The summed E-state index contributed by atoms with van der Waals surface area (Å²) in [5.74, 6) is 0.805. The first-order chi connectivity index (χ1) is 9.19. The molecule has 3 nitrogen and oxygen atoms in total. The van der Waals surface area contributed by atoms with Gasteiger partial charge in [0.15, 0.2) is 0 Å². The van der Waals surface area contributed by atoms with Gasteiger partial charge in [-0.25, -0.2) is 0 Å². The highest BCUT2D eigenvalue weighted by atomic mass is 16.5. The van der Waals surface area contributed by atoms with Gasteiger partial charge >= 0.3 is 0 Å². The molecular formula is C16H16N2O. The molecule has 2 aromatic rings. The van der Waals surface area contributed by atoms with E-state index in [9.17, 15) is 0 Å². The number of ether oxygens (including phenoxy) is 1. The lowest BCUT2D eigenvalue weighted by atomic mass is 10.1. The van der Waals surface area contributed by atoms with Crippen molar-refractivity contribution in [2.45, 2.75) is 19.6 Å². The second-order valence-electron chi connectivity index (χ2n) is 4.46. The van der Waals surface area contributed by atoms with Crippen LogP contribution in [0.2, 0.25) is 0 Å². The molecular weight excluding hydrogens is 236 g/mol. The maximum atomic E-state index is 8.73. The predicted molar refractivity (Wildman–Crippen MR) is 74.5 cm³/mol. The van der Waals surface area contributed by atoms with Crippen molar-refractivity contribution in [3.05, 3.63) is 65.2 Å². The first kappa shape index (κ1) is 13.1. The quantitative estimate of drug-likeness (QED) is 0.909. The van der Waals surface area contributed by atoms with Crippen LogP contribution in [0.4, 0.5) is 0 Å². The summed E-state index contributed by atoms with van der Waals surface area (Å²) in [7, 11) is 0. The Morgan fingerprint density at radius 2 is 1.95 bits per heavy atom. The van der Waals surface area contributed by atoms with Crippen molar-refractivity contribution in [1.29, 1.82) is 5.26 Å². The SMILES string of the molecule is C[C@@H](N)c1cccc(OCc2ccc(C#N)cc2)c1. The molecule has 0 fully saturated rings. The minimum atomic E-state index is -0.00142. The van der Waals surface area contributed by atoms with Crippen molar-refractivity contribution in [1.82, 2.24) is 0 Å². The summed E-state index contributed by atoms with van der Waals surface area (Å²) in [6.07, 6.45) is 0. The third-order valence-corrected chi connectivity index (χ3v) is 2.87. The summed E-state index contributed by atoms with van der Waals surface area (Å²) in [6.45, 7) is 2.42. The van der Waals surface area contributed by atoms with Crippen LogP contribution in [0.5, 0.6) is 5.75 Å². The van der Waals surface area contributed by atoms with Gasteiger partial charge in [0, 0.05) is 6.04 Å². The van der Waals surface area contributed by atoms with Gasteiger partial charge in [-0.15, -0.1) is 0 Å². The molecule has 0 aliphatic heterocycles. The standard InChI is InChI=1S/C16H16N2O/c1-12(18)15-3-2-4-16(9-15)19-11-14-7-5-13(10-17)6-8-14/h2-9,12H,11,18H2,1H3/t12-/m1/s1. The summed E-state index contributed by atoms with van der Waals surface area (Å²) in [5, 5.41) is 8.73. The van der Waals surface area contributed by atoms with E-state index in [0.717, 1.165) is 16.9 Å². The summed E-state index contributed by atoms with van der Waals surface area (Å²) in [6, 6.07) is 17.3. The molecule has 2 N–H and O–H groups in total. The van der Waals surface area contributed by atoms with E-state index in [4.69, 9.17) is 15.7 Å². The molecule has 0 spiro atoms. The zero-order valence-corrected chi connectivity index (χ0v) is 10.8. The van der Waals surface area contributed by atoms with Crippen LogP contribution in [-0.4, -0.2) is 0 Å². The lowest BCUT2D eigenvalue weighted by molar-refractivity contribution is 0.306. The minimum absolute atomic E-state index is 0.00142. The molecule has 2 rings (SSSR count). The number of nitrogens with zero attached hydrogens (tertiary/aromatic N) is 1. The Morgan fingerprint density at radius 3 is 2.58 bits per heavy atom. The van der Waals surface area contributed by atoms with Crippen molar-refractivity contribution < 1.29 is 4.74 Å². The topological polar surface area (TPSA) is 59.0 Å². The number of hydrogen-bond donors (Lipinski definition) is 1. The first-order valence-electron chi connectivity index (χ1n) is 6.16. The van der Waals surface area contributed by atoms with Gasteiger partial charge in [0.05, 0.1) is 11.6 Å². The lowest BCUT2D eigenvalue weighted by Gasteiger charge is -2.10. The Balaban J connectivity index is 2.02. The highest BCUT2D eigenvalue weighted by molar-refractivity contribution is 5.33. The van der Waals surface area contributed by atoms with E-state index in [1.807, 2.05) is 43.3 Å². The minimum Gasteiger partial charge on any atom is -0.489 e. The second kappa shape index (κ2) is 6.03. The van der Waals surface area contributed by atoms with E-state index >= 15 is 0 Å². The third kappa shape index (κ3) is 3.57. The molecule has 0 aliphatic rings. The molecule has 0 saturated heterocycles. The average molecular weight is 252 g/mol. The maximum absolute atomic E-state index is 8.73. The summed E-state index contributed by atoms with van der Waals surface area (Å²) in [5.41, 5.74) is 8.58. The van der Waals surface area contributed by atoms with Crippen molar-refractivity contribution in [3.8, 4) is 11.8 Å². The van der Waals surface area contributed by atoms with Gasteiger partial charge in [0.2, 0.25) is 0 Å². The molecule has 0 aromatic heterocycles. The van der Waals surface area contributed by atoms with Crippen LogP contribution >= 0.6 is 0 Å².